The quantitative estimate of drug-likeness (QED) is 0.273. The van der Waals surface area contributed by atoms with E-state index in [1.807, 2.05) is 0 Å². The van der Waals surface area contributed by atoms with Gasteiger partial charge in [-0.05, 0) is 31.7 Å². The standard InChI is InChI=1S/C16H19NO5/c1-2-22-16(19)15(18)12-8-9-13(14(10-12)17(20)21)11-6-4-3-5-7-11/h8-11H,2-7H2,1H3. The van der Waals surface area contributed by atoms with Crippen molar-refractivity contribution in [3.8, 4) is 0 Å². The van der Waals surface area contributed by atoms with Crippen LogP contribution in [0.25, 0.3) is 0 Å². The molecule has 1 saturated carbocycles. The third kappa shape index (κ3) is 3.50. The van der Waals surface area contributed by atoms with E-state index in [4.69, 9.17) is 0 Å². The van der Waals surface area contributed by atoms with Gasteiger partial charge in [0.25, 0.3) is 11.5 Å². The van der Waals surface area contributed by atoms with E-state index in [0.29, 0.717) is 5.56 Å². The van der Waals surface area contributed by atoms with Crippen molar-refractivity contribution in [2.24, 2.45) is 0 Å². The van der Waals surface area contributed by atoms with E-state index < -0.39 is 16.7 Å². The third-order valence-corrected chi connectivity index (χ3v) is 4.00. The molecule has 0 spiro atoms. The van der Waals surface area contributed by atoms with E-state index in [1.165, 1.54) is 12.1 Å². The van der Waals surface area contributed by atoms with Gasteiger partial charge >= 0.3 is 5.97 Å². The van der Waals surface area contributed by atoms with Crippen LogP contribution < -0.4 is 0 Å². The molecule has 0 bridgehead atoms. The second kappa shape index (κ2) is 7.15. The van der Waals surface area contributed by atoms with Gasteiger partial charge in [0.1, 0.15) is 0 Å². The first-order chi connectivity index (χ1) is 10.5. The lowest BCUT2D eigenvalue weighted by molar-refractivity contribution is -0.385. The van der Waals surface area contributed by atoms with Crippen LogP contribution in [0.1, 0.15) is 60.9 Å². The Hall–Kier alpha value is -2.24. The number of esters is 1. The molecule has 6 nitrogen and oxygen atoms in total. The number of nitrogens with zero attached hydrogens (tertiary/aromatic N) is 1. The van der Waals surface area contributed by atoms with Crippen LogP contribution in [0.15, 0.2) is 18.2 Å². The molecule has 1 fully saturated rings. The second-order valence-electron chi connectivity index (χ2n) is 5.42. The number of Topliss-reactive ketones (excluding diaryl/α,β-unsaturated/α-hetero) is 1. The number of nitro benzene ring substituents is 1. The molecule has 6 heteroatoms. The average Bonchev–Trinajstić information content (AvgIpc) is 2.54. The van der Waals surface area contributed by atoms with Crippen molar-refractivity contribution in [2.75, 3.05) is 6.61 Å². The highest BCUT2D eigenvalue weighted by Gasteiger charge is 2.27. The fourth-order valence-electron chi connectivity index (χ4n) is 2.92. The molecule has 118 valence electrons. The molecule has 1 aliphatic rings. The minimum Gasteiger partial charge on any atom is -0.460 e. The fourth-order valence-corrected chi connectivity index (χ4v) is 2.92. The van der Waals surface area contributed by atoms with Gasteiger partial charge in [-0.3, -0.25) is 14.9 Å². The number of ketones is 1. The van der Waals surface area contributed by atoms with Crippen LogP contribution in [0, 0.1) is 10.1 Å². The molecule has 0 heterocycles. The maximum absolute atomic E-state index is 11.9. The van der Waals surface area contributed by atoms with Gasteiger partial charge in [-0.15, -0.1) is 0 Å². The van der Waals surface area contributed by atoms with Gasteiger partial charge in [-0.2, -0.15) is 0 Å². The lowest BCUT2D eigenvalue weighted by Crippen LogP contribution is -2.18. The number of rotatable bonds is 5. The van der Waals surface area contributed by atoms with E-state index in [-0.39, 0.29) is 23.8 Å². The number of benzene rings is 1. The Kier molecular flexibility index (Phi) is 5.25. The van der Waals surface area contributed by atoms with Crippen LogP contribution >= 0.6 is 0 Å². The van der Waals surface area contributed by atoms with Crippen LogP contribution in [0.4, 0.5) is 5.69 Å². The number of carbonyl (C=O) groups is 2. The summed E-state index contributed by atoms with van der Waals surface area (Å²) in [6.07, 6.45) is 5.12. The van der Waals surface area contributed by atoms with Gasteiger partial charge < -0.3 is 4.74 Å². The summed E-state index contributed by atoms with van der Waals surface area (Å²) >= 11 is 0. The van der Waals surface area contributed by atoms with Crippen molar-refractivity contribution >= 4 is 17.4 Å². The Morgan fingerprint density at radius 2 is 1.95 bits per heavy atom. The predicted octanol–water partition coefficient (Wildman–Crippen LogP) is 3.39. The van der Waals surface area contributed by atoms with Crippen LogP contribution in [0.2, 0.25) is 0 Å². The SMILES string of the molecule is CCOC(=O)C(=O)c1ccc(C2CCCCC2)c([N+](=O)[O-])c1. The molecular formula is C16H19NO5. The smallest absolute Gasteiger partial charge is 0.379 e. The first kappa shape index (κ1) is 16.1. The van der Waals surface area contributed by atoms with Crippen LogP contribution in [-0.4, -0.2) is 23.3 Å². The highest BCUT2D eigenvalue weighted by Crippen LogP contribution is 2.37. The fraction of sp³-hybridized carbons (Fsp3) is 0.500. The summed E-state index contributed by atoms with van der Waals surface area (Å²) in [5, 5.41) is 11.3. The van der Waals surface area contributed by atoms with Crippen LogP contribution in [0.3, 0.4) is 0 Å². The topological polar surface area (TPSA) is 86.5 Å². The summed E-state index contributed by atoms with van der Waals surface area (Å²) < 4.78 is 4.65. The summed E-state index contributed by atoms with van der Waals surface area (Å²) in [6.45, 7) is 1.69. The van der Waals surface area contributed by atoms with E-state index in [2.05, 4.69) is 4.74 Å². The number of carbonyl (C=O) groups excluding carboxylic acids is 2. The molecule has 0 atom stereocenters. The van der Waals surface area contributed by atoms with Gasteiger partial charge in [0.05, 0.1) is 11.5 Å². The normalized spacial score (nSPS) is 15.3. The Labute approximate surface area is 128 Å². The molecule has 2 rings (SSSR count). The van der Waals surface area contributed by atoms with Crippen molar-refractivity contribution in [1.29, 1.82) is 0 Å². The lowest BCUT2D eigenvalue weighted by Gasteiger charge is -2.21. The predicted molar refractivity (Wildman–Crippen MR) is 79.9 cm³/mol. The Bertz CT molecular complexity index is 590. The zero-order valence-electron chi connectivity index (χ0n) is 12.5. The number of hydrogen-bond acceptors (Lipinski definition) is 5. The van der Waals surface area contributed by atoms with Crippen LogP contribution in [0.5, 0.6) is 0 Å². The van der Waals surface area contributed by atoms with Crippen molar-refractivity contribution < 1.29 is 19.2 Å². The Balaban J connectivity index is 2.32. The van der Waals surface area contributed by atoms with E-state index in [9.17, 15) is 19.7 Å². The Morgan fingerprint density at radius 3 is 2.55 bits per heavy atom. The maximum atomic E-state index is 11.9. The monoisotopic (exact) mass is 305 g/mol. The maximum Gasteiger partial charge on any atom is 0.379 e. The molecular weight excluding hydrogens is 286 g/mol. The molecule has 1 aromatic rings. The van der Waals surface area contributed by atoms with Crippen LogP contribution in [-0.2, 0) is 9.53 Å². The molecule has 0 unspecified atom stereocenters. The highest BCUT2D eigenvalue weighted by atomic mass is 16.6. The summed E-state index contributed by atoms with van der Waals surface area (Å²) in [6, 6.07) is 4.29. The first-order valence-corrected chi connectivity index (χ1v) is 7.54. The van der Waals surface area contributed by atoms with Crippen molar-refractivity contribution in [1.82, 2.24) is 0 Å². The molecule has 1 aliphatic carbocycles. The van der Waals surface area contributed by atoms with Gasteiger partial charge in [-0.25, -0.2) is 4.79 Å². The zero-order valence-corrected chi connectivity index (χ0v) is 12.5. The molecule has 0 amide bonds. The summed E-state index contributed by atoms with van der Waals surface area (Å²) in [5.74, 6) is -1.68. The molecule has 1 aromatic carbocycles. The van der Waals surface area contributed by atoms with E-state index in [0.717, 1.165) is 32.1 Å². The van der Waals surface area contributed by atoms with E-state index >= 15 is 0 Å². The third-order valence-electron chi connectivity index (χ3n) is 4.00. The number of hydrogen-bond donors (Lipinski definition) is 0. The Morgan fingerprint density at radius 1 is 1.27 bits per heavy atom. The number of nitro groups is 1. The van der Waals surface area contributed by atoms with Gasteiger partial charge in [0.2, 0.25) is 0 Å². The number of ether oxygens (including phenoxy) is 1. The summed E-state index contributed by atoms with van der Waals surface area (Å²) in [5.41, 5.74) is 0.580. The molecule has 0 radical (unpaired) electrons. The van der Waals surface area contributed by atoms with Gasteiger partial charge in [-0.1, -0.05) is 25.3 Å². The largest absolute Gasteiger partial charge is 0.460 e. The minimum absolute atomic E-state index is 0.00436. The lowest BCUT2D eigenvalue weighted by atomic mass is 9.83. The summed E-state index contributed by atoms with van der Waals surface area (Å²) in [7, 11) is 0. The zero-order chi connectivity index (χ0) is 16.1. The van der Waals surface area contributed by atoms with Crippen molar-refractivity contribution in [2.45, 2.75) is 44.9 Å². The van der Waals surface area contributed by atoms with Crippen molar-refractivity contribution in [3.05, 3.63) is 39.4 Å². The summed E-state index contributed by atoms with van der Waals surface area (Å²) in [4.78, 5) is 34.2. The van der Waals surface area contributed by atoms with Crippen molar-refractivity contribution in [3.63, 3.8) is 0 Å². The minimum atomic E-state index is -0.984. The first-order valence-electron chi connectivity index (χ1n) is 7.54. The molecule has 0 saturated heterocycles. The van der Waals surface area contributed by atoms with E-state index in [1.54, 1.807) is 13.0 Å². The molecule has 22 heavy (non-hydrogen) atoms. The average molecular weight is 305 g/mol. The molecule has 0 aromatic heterocycles. The molecule has 0 aliphatic heterocycles. The highest BCUT2D eigenvalue weighted by molar-refractivity contribution is 6.40. The van der Waals surface area contributed by atoms with Gasteiger partial charge in [0.15, 0.2) is 0 Å². The molecule has 0 N–H and O–H groups in total. The van der Waals surface area contributed by atoms with Gasteiger partial charge in [0, 0.05) is 17.2 Å². The second-order valence-corrected chi connectivity index (χ2v) is 5.42.